The molecule has 2 rings (SSSR count). The van der Waals surface area contributed by atoms with E-state index in [0.29, 0.717) is 28.8 Å². The molecule has 0 heterocycles. The highest BCUT2D eigenvalue weighted by Crippen LogP contribution is 2.25. The Morgan fingerprint density at radius 3 is 2.43 bits per heavy atom. The van der Waals surface area contributed by atoms with Crippen molar-refractivity contribution >= 4 is 40.7 Å². The molecule has 23 heavy (non-hydrogen) atoms. The van der Waals surface area contributed by atoms with Gasteiger partial charge < -0.3 is 10.2 Å². The molecular formula is C17H16Cl2N2O2. The van der Waals surface area contributed by atoms with Crippen LogP contribution in [0.15, 0.2) is 48.5 Å². The lowest BCUT2D eigenvalue weighted by Gasteiger charge is -2.20. The fourth-order valence-electron chi connectivity index (χ4n) is 2.04. The maximum Gasteiger partial charge on any atom is 0.313 e. The number of hydrogen-bond acceptors (Lipinski definition) is 2. The molecule has 4 nitrogen and oxygen atoms in total. The zero-order valence-corrected chi connectivity index (χ0v) is 14.1. The predicted octanol–water partition coefficient (Wildman–Crippen LogP) is 3.98. The third kappa shape index (κ3) is 4.71. The molecule has 6 heteroatoms. The van der Waals surface area contributed by atoms with Gasteiger partial charge in [-0.3, -0.25) is 9.59 Å². The first kappa shape index (κ1) is 17.3. The van der Waals surface area contributed by atoms with Crippen LogP contribution in [0.25, 0.3) is 0 Å². The van der Waals surface area contributed by atoms with Gasteiger partial charge in [-0.15, -0.1) is 0 Å². The molecule has 0 aliphatic carbocycles. The molecule has 1 N–H and O–H groups in total. The molecule has 2 amide bonds. The summed E-state index contributed by atoms with van der Waals surface area (Å²) in [5, 5.41) is 3.25. The van der Waals surface area contributed by atoms with Gasteiger partial charge in [0.25, 0.3) is 0 Å². The second-order valence-corrected chi connectivity index (χ2v) is 5.73. The summed E-state index contributed by atoms with van der Waals surface area (Å²) in [5.74, 6) is -1.36. The molecule has 120 valence electrons. The second kappa shape index (κ2) is 7.99. The van der Waals surface area contributed by atoms with Crippen molar-refractivity contribution in [3.05, 3.63) is 64.1 Å². The number of benzene rings is 2. The molecule has 0 aromatic heterocycles. The predicted molar refractivity (Wildman–Crippen MR) is 92.6 cm³/mol. The summed E-state index contributed by atoms with van der Waals surface area (Å²) in [5.41, 5.74) is 1.27. The van der Waals surface area contributed by atoms with Crippen molar-refractivity contribution in [3.63, 3.8) is 0 Å². The zero-order valence-electron chi connectivity index (χ0n) is 12.6. The lowest BCUT2D eigenvalue weighted by molar-refractivity contribution is -0.143. The van der Waals surface area contributed by atoms with Gasteiger partial charge in [0.1, 0.15) is 0 Å². The number of rotatable bonds is 4. The standard InChI is InChI=1S/C17H16Cl2N2O2/c1-2-21(11-12-6-4-3-5-7-12)17(23)16(22)20-15-10-13(18)8-9-14(15)19/h3-10H,2,11H2,1H3,(H,20,22). The average molecular weight is 351 g/mol. The maximum atomic E-state index is 12.3. The maximum absolute atomic E-state index is 12.3. The molecule has 0 aliphatic rings. The zero-order chi connectivity index (χ0) is 16.8. The Balaban J connectivity index is 2.08. The monoisotopic (exact) mass is 350 g/mol. The van der Waals surface area contributed by atoms with Crippen molar-refractivity contribution in [1.82, 2.24) is 4.90 Å². The summed E-state index contributed by atoms with van der Waals surface area (Å²) < 4.78 is 0. The number of carbonyl (C=O) groups is 2. The molecule has 2 aromatic rings. The Morgan fingerprint density at radius 2 is 1.78 bits per heavy atom. The lowest BCUT2D eigenvalue weighted by Crippen LogP contribution is -2.39. The minimum atomic E-state index is -0.744. The lowest BCUT2D eigenvalue weighted by atomic mass is 10.2. The van der Waals surface area contributed by atoms with E-state index in [-0.39, 0.29) is 0 Å². The first-order chi connectivity index (χ1) is 11.0. The topological polar surface area (TPSA) is 49.4 Å². The van der Waals surface area contributed by atoms with E-state index in [1.807, 2.05) is 37.3 Å². The normalized spacial score (nSPS) is 10.2. The SMILES string of the molecule is CCN(Cc1ccccc1)C(=O)C(=O)Nc1cc(Cl)ccc1Cl. The molecule has 0 radical (unpaired) electrons. The Bertz CT molecular complexity index is 705. The smallest absolute Gasteiger partial charge is 0.313 e. The number of nitrogens with zero attached hydrogens (tertiary/aromatic N) is 1. The van der Waals surface area contributed by atoms with Gasteiger partial charge in [0.05, 0.1) is 10.7 Å². The van der Waals surface area contributed by atoms with Crippen molar-refractivity contribution in [2.45, 2.75) is 13.5 Å². The molecule has 0 atom stereocenters. The van der Waals surface area contributed by atoms with E-state index in [0.717, 1.165) is 5.56 Å². The molecule has 0 unspecified atom stereocenters. The number of hydrogen-bond donors (Lipinski definition) is 1. The van der Waals surface area contributed by atoms with Gasteiger partial charge in [-0.2, -0.15) is 0 Å². The van der Waals surface area contributed by atoms with Gasteiger partial charge in [0.15, 0.2) is 0 Å². The van der Waals surface area contributed by atoms with Crippen LogP contribution in [0.5, 0.6) is 0 Å². The van der Waals surface area contributed by atoms with E-state index >= 15 is 0 Å². The minimum absolute atomic E-state index is 0.313. The van der Waals surface area contributed by atoms with Crippen LogP contribution in [-0.4, -0.2) is 23.3 Å². The first-order valence-corrected chi connectivity index (χ1v) is 7.86. The van der Waals surface area contributed by atoms with Gasteiger partial charge in [0, 0.05) is 18.1 Å². The summed E-state index contributed by atoms with van der Waals surface area (Å²) in [7, 11) is 0. The Labute approximate surface area is 145 Å². The second-order valence-electron chi connectivity index (χ2n) is 4.88. The van der Waals surface area contributed by atoms with E-state index in [1.165, 1.54) is 11.0 Å². The fourth-order valence-corrected chi connectivity index (χ4v) is 2.38. The van der Waals surface area contributed by atoms with Crippen LogP contribution >= 0.6 is 23.2 Å². The van der Waals surface area contributed by atoms with Crippen LogP contribution in [-0.2, 0) is 16.1 Å². The highest BCUT2D eigenvalue weighted by molar-refractivity contribution is 6.42. The largest absolute Gasteiger partial charge is 0.330 e. The van der Waals surface area contributed by atoms with Crippen LogP contribution in [0, 0.1) is 0 Å². The van der Waals surface area contributed by atoms with Gasteiger partial charge in [-0.25, -0.2) is 0 Å². The number of nitrogens with one attached hydrogen (secondary N) is 1. The summed E-state index contributed by atoms with van der Waals surface area (Å²) in [6, 6.07) is 14.2. The van der Waals surface area contributed by atoms with Crippen molar-refractivity contribution < 1.29 is 9.59 Å². The van der Waals surface area contributed by atoms with Gasteiger partial charge in [-0.1, -0.05) is 53.5 Å². The number of halogens is 2. The quantitative estimate of drug-likeness (QED) is 0.847. The van der Waals surface area contributed by atoms with Crippen molar-refractivity contribution in [3.8, 4) is 0 Å². The molecule has 2 aromatic carbocycles. The van der Waals surface area contributed by atoms with Crippen molar-refractivity contribution in [1.29, 1.82) is 0 Å². The number of carbonyl (C=O) groups excluding carboxylic acids is 2. The van der Waals surface area contributed by atoms with Gasteiger partial charge >= 0.3 is 11.8 Å². The van der Waals surface area contributed by atoms with E-state index in [2.05, 4.69) is 5.32 Å². The summed E-state index contributed by atoms with van der Waals surface area (Å²) >= 11 is 11.9. The van der Waals surface area contributed by atoms with E-state index in [1.54, 1.807) is 12.1 Å². The summed E-state index contributed by atoms with van der Waals surface area (Å²) in [6.07, 6.45) is 0. The van der Waals surface area contributed by atoms with Crippen LogP contribution in [0.3, 0.4) is 0 Å². The molecular weight excluding hydrogens is 335 g/mol. The molecule has 0 aliphatic heterocycles. The summed E-state index contributed by atoms with van der Waals surface area (Å²) in [4.78, 5) is 25.9. The Kier molecular flexibility index (Phi) is 6.02. The minimum Gasteiger partial charge on any atom is -0.330 e. The van der Waals surface area contributed by atoms with E-state index in [9.17, 15) is 9.59 Å². The summed E-state index contributed by atoms with van der Waals surface area (Å²) in [6.45, 7) is 2.61. The fraction of sp³-hybridized carbons (Fsp3) is 0.176. The highest BCUT2D eigenvalue weighted by atomic mass is 35.5. The molecule has 0 fully saturated rings. The molecule has 0 saturated carbocycles. The van der Waals surface area contributed by atoms with E-state index in [4.69, 9.17) is 23.2 Å². The van der Waals surface area contributed by atoms with Gasteiger partial charge in [-0.05, 0) is 30.7 Å². The molecule has 0 spiro atoms. The molecule has 0 bridgehead atoms. The Morgan fingerprint density at radius 1 is 1.09 bits per heavy atom. The van der Waals surface area contributed by atoms with Crippen LogP contribution in [0.4, 0.5) is 5.69 Å². The number of amides is 2. The van der Waals surface area contributed by atoms with E-state index < -0.39 is 11.8 Å². The highest BCUT2D eigenvalue weighted by Gasteiger charge is 2.21. The average Bonchev–Trinajstić information content (AvgIpc) is 2.56. The van der Waals surface area contributed by atoms with Crippen molar-refractivity contribution in [2.75, 3.05) is 11.9 Å². The first-order valence-electron chi connectivity index (χ1n) is 7.10. The number of likely N-dealkylation sites (N-methyl/N-ethyl adjacent to an activating group) is 1. The molecule has 0 saturated heterocycles. The number of anilines is 1. The van der Waals surface area contributed by atoms with Crippen LogP contribution < -0.4 is 5.32 Å². The van der Waals surface area contributed by atoms with Crippen molar-refractivity contribution in [2.24, 2.45) is 0 Å². The third-order valence-electron chi connectivity index (χ3n) is 3.26. The Hall–Kier alpha value is -2.04. The van der Waals surface area contributed by atoms with Crippen LogP contribution in [0.1, 0.15) is 12.5 Å². The van der Waals surface area contributed by atoms with Gasteiger partial charge in [0.2, 0.25) is 0 Å². The van der Waals surface area contributed by atoms with Crippen LogP contribution in [0.2, 0.25) is 10.0 Å². The third-order valence-corrected chi connectivity index (χ3v) is 3.82.